The van der Waals surface area contributed by atoms with Crippen molar-refractivity contribution in [3.05, 3.63) is 32.5 Å². The number of benzene rings is 1. The quantitative estimate of drug-likeness (QED) is 0.863. The maximum atomic E-state index is 12.8. The van der Waals surface area contributed by atoms with Crippen molar-refractivity contribution in [1.82, 2.24) is 0 Å². The molecule has 0 saturated carbocycles. The predicted molar refractivity (Wildman–Crippen MR) is 65.0 cm³/mol. The second-order valence-corrected chi connectivity index (χ2v) is 4.33. The molecule has 0 amide bonds. The molecular weight excluding hydrogens is 338 g/mol. The van der Waals surface area contributed by atoms with Gasteiger partial charge in [-0.15, -0.1) is 12.4 Å². The topological polar surface area (TPSA) is 52.0 Å². The summed E-state index contributed by atoms with van der Waals surface area (Å²) in [4.78, 5) is 0. The van der Waals surface area contributed by atoms with Crippen LogP contribution < -0.4 is 11.5 Å². The van der Waals surface area contributed by atoms with E-state index >= 15 is 0 Å². The van der Waals surface area contributed by atoms with Crippen LogP contribution in [0.2, 0.25) is 0 Å². The lowest BCUT2D eigenvalue weighted by Gasteiger charge is -2.13. The fourth-order valence-corrected chi connectivity index (χ4v) is 2.74. The van der Waals surface area contributed by atoms with Gasteiger partial charge in [0.25, 0.3) is 0 Å². The van der Waals surface area contributed by atoms with Gasteiger partial charge in [0.1, 0.15) is 5.82 Å². The summed E-state index contributed by atoms with van der Waals surface area (Å²) >= 11 is 6.47. The van der Waals surface area contributed by atoms with Crippen molar-refractivity contribution >= 4 is 44.3 Å². The van der Waals surface area contributed by atoms with Gasteiger partial charge in [-0.25, -0.2) is 4.39 Å². The second-order valence-electron chi connectivity index (χ2n) is 2.63. The van der Waals surface area contributed by atoms with Gasteiger partial charge < -0.3 is 11.5 Å². The van der Waals surface area contributed by atoms with Crippen molar-refractivity contribution < 1.29 is 4.39 Å². The van der Waals surface area contributed by atoms with Gasteiger partial charge in [0, 0.05) is 21.5 Å². The van der Waals surface area contributed by atoms with Crippen molar-refractivity contribution in [1.29, 1.82) is 0 Å². The molecule has 4 N–H and O–H groups in total. The summed E-state index contributed by atoms with van der Waals surface area (Å²) < 4.78 is 14.1. The Morgan fingerprint density at radius 1 is 1.29 bits per heavy atom. The van der Waals surface area contributed by atoms with Crippen LogP contribution in [0.1, 0.15) is 11.6 Å². The average Bonchev–Trinajstić information content (AvgIpc) is 2.02. The van der Waals surface area contributed by atoms with Gasteiger partial charge in [-0.05, 0) is 17.7 Å². The largest absolute Gasteiger partial charge is 0.329 e. The molecule has 0 aliphatic heterocycles. The number of hydrogen-bond donors (Lipinski definition) is 2. The highest BCUT2D eigenvalue weighted by atomic mass is 79.9. The van der Waals surface area contributed by atoms with Crippen LogP contribution >= 0.6 is 44.3 Å². The second kappa shape index (κ2) is 6.02. The standard InChI is InChI=1S/C8H9Br2FN2.ClH/c9-5-1-4(11)2-6(10)8(5)7(13)3-12;/h1-2,7H,3,12-13H2;1H. The summed E-state index contributed by atoms with van der Waals surface area (Å²) in [6.45, 7) is 0.322. The third kappa shape index (κ3) is 3.17. The first-order chi connectivity index (χ1) is 6.06. The third-order valence-electron chi connectivity index (χ3n) is 1.67. The van der Waals surface area contributed by atoms with Crippen LogP contribution in [0.15, 0.2) is 21.1 Å². The molecule has 0 bridgehead atoms. The minimum atomic E-state index is -0.313. The molecule has 14 heavy (non-hydrogen) atoms. The summed E-state index contributed by atoms with van der Waals surface area (Å²) in [6.07, 6.45) is 0. The van der Waals surface area contributed by atoms with Gasteiger partial charge >= 0.3 is 0 Å². The van der Waals surface area contributed by atoms with E-state index in [2.05, 4.69) is 31.9 Å². The molecule has 0 fully saturated rings. The normalized spacial score (nSPS) is 12.1. The van der Waals surface area contributed by atoms with Crippen molar-refractivity contribution in [2.45, 2.75) is 6.04 Å². The molecular formula is C8H10Br2ClFN2. The van der Waals surface area contributed by atoms with Crippen LogP contribution in [0.3, 0.4) is 0 Å². The summed E-state index contributed by atoms with van der Waals surface area (Å²) in [5, 5.41) is 0. The summed E-state index contributed by atoms with van der Waals surface area (Å²) in [7, 11) is 0. The highest BCUT2D eigenvalue weighted by Gasteiger charge is 2.13. The van der Waals surface area contributed by atoms with Crippen LogP contribution in [0.25, 0.3) is 0 Å². The van der Waals surface area contributed by atoms with E-state index < -0.39 is 0 Å². The SMILES string of the molecule is Cl.NCC(N)c1c(Br)cc(F)cc1Br. The van der Waals surface area contributed by atoms with E-state index in [0.717, 1.165) is 5.56 Å². The lowest BCUT2D eigenvalue weighted by Crippen LogP contribution is -2.21. The zero-order valence-corrected chi connectivity index (χ0v) is 11.1. The Labute approximate surface area is 105 Å². The van der Waals surface area contributed by atoms with E-state index in [9.17, 15) is 4.39 Å². The maximum absolute atomic E-state index is 12.8. The number of hydrogen-bond acceptors (Lipinski definition) is 2. The number of halogens is 4. The Morgan fingerprint density at radius 3 is 2.07 bits per heavy atom. The molecule has 1 unspecified atom stereocenters. The summed E-state index contributed by atoms with van der Waals surface area (Å²) in [6, 6.07) is 2.45. The maximum Gasteiger partial charge on any atom is 0.125 e. The average molecular weight is 348 g/mol. The molecule has 0 spiro atoms. The van der Waals surface area contributed by atoms with Gasteiger partial charge in [-0.3, -0.25) is 0 Å². The molecule has 6 heteroatoms. The Hall–Kier alpha value is 0.320. The Balaban J connectivity index is 0.00000169. The van der Waals surface area contributed by atoms with Gasteiger partial charge in [-0.2, -0.15) is 0 Å². The van der Waals surface area contributed by atoms with Crippen molar-refractivity contribution in [3.8, 4) is 0 Å². The molecule has 1 atom stereocenters. The van der Waals surface area contributed by atoms with Crippen molar-refractivity contribution in [2.75, 3.05) is 6.54 Å². The van der Waals surface area contributed by atoms with Gasteiger partial charge in [0.15, 0.2) is 0 Å². The molecule has 1 aromatic rings. The number of rotatable bonds is 2. The molecule has 80 valence electrons. The van der Waals surface area contributed by atoms with Crippen LogP contribution in [0, 0.1) is 5.82 Å². The third-order valence-corrected chi connectivity index (χ3v) is 2.98. The molecule has 0 saturated heterocycles. The van der Waals surface area contributed by atoms with Gasteiger partial charge in [0.05, 0.1) is 0 Å². The van der Waals surface area contributed by atoms with Gasteiger partial charge in [0.2, 0.25) is 0 Å². The smallest absolute Gasteiger partial charge is 0.125 e. The van der Waals surface area contributed by atoms with Crippen LogP contribution in [-0.4, -0.2) is 6.54 Å². The lowest BCUT2D eigenvalue weighted by molar-refractivity contribution is 0.622. The van der Waals surface area contributed by atoms with E-state index in [1.54, 1.807) is 0 Å². The van der Waals surface area contributed by atoms with Crippen LogP contribution in [-0.2, 0) is 0 Å². The van der Waals surface area contributed by atoms with E-state index in [-0.39, 0.29) is 24.3 Å². The predicted octanol–water partition coefficient (Wildman–Crippen LogP) is 2.73. The van der Waals surface area contributed by atoms with Crippen LogP contribution in [0.5, 0.6) is 0 Å². The summed E-state index contributed by atoms with van der Waals surface area (Å²) in [5.41, 5.74) is 12.0. The fraction of sp³-hybridized carbons (Fsp3) is 0.250. The number of nitrogens with two attached hydrogens (primary N) is 2. The van der Waals surface area contributed by atoms with E-state index in [1.165, 1.54) is 12.1 Å². The monoisotopic (exact) mass is 346 g/mol. The molecule has 1 rings (SSSR count). The molecule has 2 nitrogen and oxygen atoms in total. The summed E-state index contributed by atoms with van der Waals surface area (Å²) in [5.74, 6) is -0.313. The Morgan fingerprint density at radius 2 is 1.71 bits per heavy atom. The molecule has 1 aromatic carbocycles. The Bertz CT molecular complexity index is 299. The highest BCUT2D eigenvalue weighted by molar-refractivity contribution is 9.11. The van der Waals surface area contributed by atoms with Crippen molar-refractivity contribution in [3.63, 3.8) is 0 Å². The molecule has 0 aromatic heterocycles. The zero-order valence-electron chi connectivity index (χ0n) is 7.14. The van der Waals surface area contributed by atoms with Crippen molar-refractivity contribution in [2.24, 2.45) is 11.5 Å². The van der Waals surface area contributed by atoms with E-state index in [4.69, 9.17) is 11.5 Å². The van der Waals surface area contributed by atoms with Gasteiger partial charge in [-0.1, -0.05) is 31.9 Å². The minimum absolute atomic E-state index is 0. The zero-order chi connectivity index (χ0) is 10.0. The van der Waals surface area contributed by atoms with E-state index in [0.29, 0.717) is 15.5 Å². The lowest BCUT2D eigenvalue weighted by atomic mass is 10.1. The Kier molecular flexibility index (Phi) is 6.16. The minimum Gasteiger partial charge on any atom is -0.329 e. The first kappa shape index (κ1) is 14.3. The van der Waals surface area contributed by atoms with E-state index in [1.807, 2.05) is 0 Å². The highest BCUT2D eigenvalue weighted by Crippen LogP contribution is 2.30. The van der Waals surface area contributed by atoms with Crippen LogP contribution in [0.4, 0.5) is 4.39 Å². The molecule has 0 heterocycles. The fourth-order valence-electron chi connectivity index (χ4n) is 1.03. The molecule has 0 radical (unpaired) electrons. The molecule has 0 aliphatic carbocycles. The first-order valence-corrected chi connectivity index (χ1v) is 5.25. The first-order valence-electron chi connectivity index (χ1n) is 3.66. The molecule has 0 aliphatic rings.